The normalized spacial score (nSPS) is 18.4. The number of amides is 1. The lowest BCUT2D eigenvalue weighted by Crippen LogP contribution is -2.31. The minimum Gasteiger partial charge on any atom is -0.450 e. The number of nitriles is 1. The fraction of sp³-hybridized carbons (Fsp3) is 0.524. The molecule has 1 heterocycles. The Bertz CT molecular complexity index is 823. The minimum absolute atomic E-state index is 0.334. The second-order valence-corrected chi connectivity index (χ2v) is 7.11. The number of rotatable bonds is 9. The number of carbonyl (C=O) groups excluding carboxylic acids is 1. The lowest BCUT2D eigenvalue weighted by molar-refractivity contribution is 0.151. The van der Waals surface area contributed by atoms with Crippen LogP contribution in [0.2, 0.25) is 0 Å². The van der Waals surface area contributed by atoms with Gasteiger partial charge >= 0.3 is 6.09 Å². The number of alkyl carbamates (subject to hydrolysis) is 1. The van der Waals surface area contributed by atoms with Gasteiger partial charge in [-0.3, -0.25) is 0 Å². The van der Waals surface area contributed by atoms with Gasteiger partial charge in [0, 0.05) is 30.2 Å². The molecule has 1 amide bonds. The number of hydrogen-bond acceptors (Lipinski definition) is 4. The van der Waals surface area contributed by atoms with Gasteiger partial charge in [-0.05, 0) is 68.5 Å². The van der Waals surface area contributed by atoms with Gasteiger partial charge in [-0.15, -0.1) is 0 Å². The summed E-state index contributed by atoms with van der Waals surface area (Å²) in [5.41, 5.74) is 3.16. The summed E-state index contributed by atoms with van der Waals surface area (Å²) in [4.78, 5) is 17.1. The molecule has 1 aromatic carbocycles. The van der Waals surface area contributed by atoms with Crippen LogP contribution in [0.5, 0.6) is 0 Å². The van der Waals surface area contributed by atoms with E-state index in [1.165, 1.54) is 17.4 Å². The Morgan fingerprint density at radius 2 is 2.30 bits per heavy atom. The van der Waals surface area contributed by atoms with Crippen molar-refractivity contribution >= 4 is 17.0 Å². The first-order valence-corrected chi connectivity index (χ1v) is 9.80. The molecule has 2 N–H and O–H groups in total. The molecule has 1 aromatic heterocycles. The maximum atomic E-state index is 11.3. The highest BCUT2D eigenvalue weighted by Crippen LogP contribution is 2.49. The SMILES string of the molecule is CCOC(=O)NCCCN(CC)CC1CC1c1c[nH]c2ccc(C#N)cc12. The molecule has 144 valence electrons. The van der Waals surface area contributed by atoms with Crippen LogP contribution in [0.4, 0.5) is 4.79 Å². The van der Waals surface area contributed by atoms with E-state index in [-0.39, 0.29) is 6.09 Å². The van der Waals surface area contributed by atoms with E-state index in [9.17, 15) is 4.79 Å². The molecule has 0 radical (unpaired) electrons. The summed E-state index contributed by atoms with van der Waals surface area (Å²) >= 11 is 0. The third-order valence-corrected chi connectivity index (χ3v) is 5.30. The molecular formula is C21H28N4O2. The molecule has 6 heteroatoms. The highest BCUT2D eigenvalue weighted by atomic mass is 16.5. The summed E-state index contributed by atoms with van der Waals surface area (Å²) in [6, 6.07) is 8.07. The molecule has 27 heavy (non-hydrogen) atoms. The number of H-pyrrole nitrogens is 1. The molecule has 0 bridgehead atoms. The number of benzene rings is 1. The van der Waals surface area contributed by atoms with Gasteiger partial charge in [0.1, 0.15) is 0 Å². The number of ether oxygens (including phenoxy) is 1. The fourth-order valence-corrected chi connectivity index (χ4v) is 3.73. The largest absolute Gasteiger partial charge is 0.450 e. The Kier molecular flexibility index (Phi) is 6.36. The molecule has 1 fully saturated rings. The van der Waals surface area contributed by atoms with Gasteiger partial charge in [0.2, 0.25) is 0 Å². The molecule has 3 rings (SSSR count). The summed E-state index contributed by atoms with van der Waals surface area (Å²) in [7, 11) is 0. The zero-order valence-electron chi connectivity index (χ0n) is 16.1. The average molecular weight is 368 g/mol. The highest BCUT2D eigenvalue weighted by molar-refractivity contribution is 5.85. The van der Waals surface area contributed by atoms with Gasteiger partial charge in [0.25, 0.3) is 0 Å². The number of carbonyl (C=O) groups is 1. The highest BCUT2D eigenvalue weighted by Gasteiger charge is 2.40. The smallest absolute Gasteiger partial charge is 0.407 e. The molecule has 1 aliphatic carbocycles. The van der Waals surface area contributed by atoms with Gasteiger partial charge in [-0.1, -0.05) is 6.92 Å². The molecule has 1 saturated carbocycles. The number of aromatic amines is 1. The predicted molar refractivity (Wildman–Crippen MR) is 106 cm³/mol. The summed E-state index contributed by atoms with van der Waals surface area (Å²) < 4.78 is 4.87. The molecule has 6 nitrogen and oxygen atoms in total. The van der Waals surface area contributed by atoms with Crippen LogP contribution in [-0.2, 0) is 4.74 Å². The molecule has 0 aliphatic heterocycles. The van der Waals surface area contributed by atoms with Gasteiger partial charge in [0.15, 0.2) is 0 Å². The van der Waals surface area contributed by atoms with Crippen LogP contribution >= 0.6 is 0 Å². The maximum Gasteiger partial charge on any atom is 0.407 e. The van der Waals surface area contributed by atoms with E-state index in [0.29, 0.717) is 30.6 Å². The minimum atomic E-state index is -0.334. The number of hydrogen-bond donors (Lipinski definition) is 2. The van der Waals surface area contributed by atoms with Gasteiger partial charge in [-0.25, -0.2) is 4.79 Å². The average Bonchev–Trinajstić information content (AvgIpc) is 3.31. The van der Waals surface area contributed by atoms with Crippen molar-refractivity contribution in [2.75, 3.05) is 32.8 Å². The van der Waals surface area contributed by atoms with Crippen molar-refractivity contribution in [2.45, 2.75) is 32.6 Å². The lowest BCUT2D eigenvalue weighted by Gasteiger charge is -2.20. The van der Waals surface area contributed by atoms with Crippen molar-refractivity contribution < 1.29 is 9.53 Å². The molecule has 2 atom stereocenters. The van der Waals surface area contributed by atoms with E-state index in [2.05, 4.69) is 34.4 Å². The number of nitrogens with zero attached hydrogens (tertiary/aromatic N) is 2. The number of aromatic nitrogens is 1. The van der Waals surface area contributed by atoms with E-state index < -0.39 is 0 Å². The number of fused-ring (bicyclic) bond motifs is 1. The van der Waals surface area contributed by atoms with E-state index in [0.717, 1.165) is 31.6 Å². The van der Waals surface area contributed by atoms with E-state index in [1.54, 1.807) is 6.92 Å². The molecule has 0 spiro atoms. The Morgan fingerprint density at radius 1 is 1.44 bits per heavy atom. The zero-order valence-corrected chi connectivity index (χ0v) is 16.1. The van der Waals surface area contributed by atoms with Crippen LogP contribution in [0.3, 0.4) is 0 Å². The summed E-state index contributed by atoms with van der Waals surface area (Å²) in [5.74, 6) is 1.23. The standard InChI is InChI=1S/C21H28N4O2/c1-3-25(9-5-8-23-21(26)27-4-2)14-16-11-17(16)19-13-24-20-7-6-15(12-22)10-18(19)20/h6-7,10,13,16-17,24H,3-5,8-9,11,14H2,1-2H3,(H,23,26). The molecule has 2 aromatic rings. The second kappa shape index (κ2) is 8.92. The van der Waals surface area contributed by atoms with Crippen molar-refractivity contribution in [3.63, 3.8) is 0 Å². The maximum absolute atomic E-state index is 11.3. The third kappa shape index (κ3) is 4.81. The van der Waals surface area contributed by atoms with E-state index in [1.807, 2.05) is 18.2 Å². The summed E-state index contributed by atoms with van der Waals surface area (Å²) in [6.45, 7) is 8.09. The number of nitrogens with one attached hydrogen (secondary N) is 2. The Labute approximate surface area is 160 Å². The first-order valence-electron chi connectivity index (χ1n) is 9.80. The molecule has 0 saturated heterocycles. The third-order valence-electron chi connectivity index (χ3n) is 5.30. The first-order chi connectivity index (χ1) is 13.2. The topological polar surface area (TPSA) is 81.2 Å². The fourth-order valence-electron chi connectivity index (χ4n) is 3.73. The van der Waals surface area contributed by atoms with Crippen molar-refractivity contribution in [3.05, 3.63) is 35.5 Å². The van der Waals surface area contributed by atoms with Crippen molar-refractivity contribution in [3.8, 4) is 6.07 Å². The molecular weight excluding hydrogens is 340 g/mol. The Hall–Kier alpha value is -2.52. The van der Waals surface area contributed by atoms with Gasteiger partial charge in [0.05, 0.1) is 18.2 Å². The Morgan fingerprint density at radius 3 is 3.04 bits per heavy atom. The van der Waals surface area contributed by atoms with Gasteiger partial charge in [-0.2, -0.15) is 5.26 Å². The zero-order chi connectivity index (χ0) is 19.2. The molecule has 2 unspecified atom stereocenters. The van der Waals surface area contributed by atoms with Crippen LogP contribution in [0.25, 0.3) is 10.9 Å². The van der Waals surface area contributed by atoms with Crippen molar-refractivity contribution in [1.29, 1.82) is 5.26 Å². The van der Waals surface area contributed by atoms with Crippen LogP contribution < -0.4 is 5.32 Å². The summed E-state index contributed by atoms with van der Waals surface area (Å²) in [6.07, 6.45) is 3.89. The second-order valence-electron chi connectivity index (χ2n) is 7.11. The first kappa shape index (κ1) is 19.2. The van der Waals surface area contributed by atoms with Crippen LogP contribution in [0.15, 0.2) is 24.4 Å². The van der Waals surface area contributed by atoms with Crippen LogP contribution in [0, 0.1) is 17.2 Å². The van der Waals surface area contributed by atoms with E-state index in [4.69, 9.17) is 10.00 Å². The van der Waals surface area contributed by atoms with Crippen molar-refractivity contribution in [1.82, 2.24) is 15.2 Å². The monoisotopic (exact) mass is 368 g/mol. The van der Waals surface area contributed by atoms with Gasteiger partial charge < -0.3 is 19.9 Å². The van der Waals surface area contributed by atoms with Crippen LogP contribution in [0.1, 0.15) is 43.7 Å². The Balaban J connectivity index is 1.49. The molecule has 1 aliphatic rings. The predicted octanol–water partition coefficient (Wildman–Crippen LogP) is 3.60. The van der Waals surface area contributed by atoms with Crippen LogP contribution in [-0.4, -0.2) is 48.8 Å². The van der Waals surface area contributed by atoms with E-state index >= 15 is 0 Å². The summed E-state index contributed by atoms with van der Waals surface area (Å²) in [5, 5.41) is 13.1. The lowest BCUT2D eigenvalue weighted by atomic mass is 10.1. The quantitative estimate of drug-likeness (QED) is 0.663. The van der Waals surface area contributed by atoms with Crippen molar-refractivity contribution in [2.24, 2.45) is 5.92 Å².